The second-order valence-corrected chi connectivity index (χ2v) is 12.0. The van der Waals surface area contributed by atoms with Crippen LogP contribution in [0.1, 0.15) is 86.0 Å². The first-order valence-corrected chi connectivity index (χ1v) is 16.2. The minimum absolute atomic E-state index is 0.0772. The van der Waals surface area contributed by atoms with Crippen molar-refractivity contribution in [2.45, 2.75) is 92.0 Å². The molecular formula is C27H52N3O11P. The van der Waals surface area contributed by atoms with Crippen molar-refractivity contribution in [3.05, 3.63) is 0 Å². The van der Waals surface area contributed by atoms with Crippen LogP contribution in [0.3, 0.4) is 0 Å². The highest BCUT2D eigenvalue weighted by Crippen LogP contribution is 2.44. The molecule has 3 N–H and O–H groups in total. The quantitative estimate of drug-likeness (QED) is 0.0408. The van der Waals surface area contributed by atoms with Gasteiger partial charge in [-0.2, -0.15) is 0 Å². The Morgan fingerprint density at radius 1 is 0.786 bits per heavy atom. The molecule has 42 heavy (non-hydrogen) atoms. The number of unbranched alkanes of at least 4 members (excludes halogenated alkanes) is 4. The summed E-state index contributed by atoms with van der Waals surface area (Å²) in [6.07, 6.45) is 4.51. The Labute approximate surface area is 250 Å². The van der Waals surface area contributed by atoms with Crippen LogP contribution in [0.4, 0.5) is 9.59 Å². The molecule has 14 nitrogen and oxygen atoms in total. The molecule has 0 saturated carbocycles. The highest BCUT2D eigenvalue weighted by molar-refractivity contribution is 7.52. The minimum atomic E-state index is -4.22. The third-order valence-electron chi connectivity index (χ3n) is 5.88. The number of carbonyl (C=O) groups is 3. The van der Waals surface area contributed by atoms with Gasteiger partial charge in [-0.1, -0.05) is 66.7 Å². The average molecular weight is 626 g/mol. The lowest BCUT2D eigenvalue weighted by Gasteiger charge is -2.30. The van der Waals surface area contributed by atoms with Crippen LogP contribution in [-0.4, -0.2) is 87.0 Å². The predicted molar refractivity (Wildman–Crippen MR) is 156 cm³/mol. The second-order valence-electron chi connectivity index (χ2n) is 10.2. The Hall–Kier alpha value is -2.57. The van der Waals surface area contributed by atoms with E-state index >= 15 is 0 Å². The van der Waals surface area contributed by atoms with E-state index in [2.05, 4.69) is 5.09 Å². The molecule has 246 valence electrons. The maximum atomic E-state index is 13.6. The molecule has 3 unspecified atom stereocenters. The van der Waals surface area contributed by atoms with Gasteiger partial charge in [0.2, 0.25) is 5.96 Å². The van der Waals surface area contributed by atoms with E-state index in [1.807, 2.05) is 20.8 Å². The van der Waals surface area contributed by atoms with Gasteiger partial charge in [0.05, 0.1) is 39.6 Å². The first-order valence-electron chi connectivity index (χ1n) is 14.7. The molecule has 0 fully saturated rings. The van der Waals surface area contributed by atoms with Gasteiger partial charge < -0.3 is 29.0 Å². The molecule has 0 heterocycles. The van der Waals surface area contributed by atoms with Gasteiger partial charge in [-0.15, -0.1) is 0 Å². The normalized spacial score (nSPS) is 14.5. The number of rotatable bonds is 23. The van der Waals surface area contributed by atoms with Crippen LogP contribution >= 0.6 is 7.75 Å². The first kappa shape index (κ1) is 39.4. The van der Waals surface area contributed by atoms with Crippen LogP contribution in [0.25, 0.3) is 0 Å². The van der Waals surface area contributed by atoms with E-state index in [0.29, 0.717) is 6.42 Å². The topological polar surface area (TPSA) is 183 Å². The summed E-state index contributed by atoms with van der Waals surface area (Å²) < 4.78 is 44.9. The van der Waals surface area contributed by atoms with Crippen molar-refractivity contribution >= 4 is 32.0 Å². The minimum Gasteiger partial charge on any atom is -0.480 e. The molecular weight excluding hydrogens is 573 g/mol. The van der Waals surface area contributed by atoms with Crippen LogP contribution in [0.5, 0.6) is 0 Å². The molecule has 15 heteroatoms. The Morgan fingerprint density at radius 2 is 1.24 bits per heavy atom. The van der Waals surface area contributed by atoms with Gasteiger partial charge in [0.25, 0.3) is 0 Å². The maximum Gasteiger partial charge on any atom is 0.508 e. The van der Waals surface area contributed by atoms with Gasteiger partial charge >= 0.3 is 26.0 Å². The van der Waals surface area contributed by atoms with E-state index in [4.69, 9.17) is 33.4 Å². The van der Waals surface area contributed by atoms with Gasteiger partial charge in [-0.25, -0.2) is 18.9 Å². The van der Waals surface area contributed by atoms with E-state index in [9.17, 15) is 24.1 Å². The number of likely N-dealkylation sites (N-methyl/N-ethyl adjacent to an activating group) is 1. The zero-order valence-electron chi connectivity index (χ0n) is 26.1. The van der Waals surface area contributed by atoms with Crippen molar-refractivity contribution < 1.29 is 52.1 Å². The van der Waals surface area contributed by atoms with Gasteiger partial charge in [0.1, 0.15) is 6.04 Å². The number of aliphatic carboxylic acids is 1. The van der Waals surface area contributed by atoms with E-state index < -0.39 is 49.9 Å². The molecule has 0 aromatic heterocycles. The van der Waals surface area contributed by atoms with E-state index in [-0.39, 0.29) is 46.1 Å². The largest absolute Gasteiger partial charge is 0.508 e. The molecule has 0 saturated heterocycles. The lowest BCUT2D eigenvalue weighted by Crippen LogP contribution is -2.47. The number of carbonyl (C=O) groups excluding carboxylic acids is 2. The second kappa shape index (κ2) is 23.0. The van der Waals surface area contributed by atoms with Crippen LogP contribution in [0, 0.1) is 17.2 Å². The standard InChI is InChI=1S/C27H52N3O11P/c1-7-10-12-15-36-26(33)38-17-21(4)19-40-42(35,29-25(28)30(6)23(14-9-3)24(31)32)41-20-22(5)18-39-27(34)37-16-13-11-8-2/h21-23H,7-20H2,1-6H3,(H,31,32)(H2,28,29,35). The molecule has 0 aliphatic carbocycles. The molecule has 0 radical (unpaired) electrons. The van der Waals surface area contributed by atoms with Crippen molar-refractivity contribution in [2.24, 2.45) is 11.8 Å². The molecule has 0 aromatic rings. The summed E-state index contributed by atoms with van der Waals surface area (Å²) in [5.74, 6) is -2.46. The van der Waals surface area contributed by atoms with Gasteiger partial charge in [-0.05, 0) is 19.3 Å². The predicted octanol–water partition coefficient (Wildman–Crippen LogP) is 5.80. The third kappa shape index (κ3) is 18.8. The third-order valence-corrected chi connectivity index (χ3v) is 7.34. The molecule has 0 amide bonds. The Morgan fingerprint density at radius 3 is 1.62 bits per heavy atom. The molecule has 0 aliphatic rings. The van der Waals surface area contributed by atoms with Gasteiger partial charge in [-0.3, -0.25) is 19.5 Å². The maximum absolute atomic E-state index is 13.6. The molecule has 0 aliphatic heterocycles. The first-order chi connectivity index (χ1) is 19.9. The highest BCUT2D eigenvalue weighted by Gasteiger charge is 2.32. The number of nitrogens with zero attached hydrogens (tertiary/aromatic N) is 1. The molecule has 3 atom stereocenters. The molecule has 0 rings (SSSR count). The van der Waals surface area contributed by atoms with Gasteiger partial charge in [0.15, 0.2) is 0 Å². The lowest BCUT2D eigenvalue weighted by molar-refractivity contribution is -0.141. The van der Waals surface area contributed by atoms with Crippen LogP contribution in [0.15, 0.2) is 0 Å². The van der Waals surface area contributed by atoms with Crippen LogP contribution in [-0.2, 0) is 37.4 Å². The smallest absolute Gasteiger partial charge is 0.480 e. The average Bonchev–Trinajstić information content (AvgIpc) is 2.95. The molecule has 0 bridgehead atoms. The number of guanidine groups is 1. The van der Waals surface area contributed by atoms with E-state index in [0.717, 1.165) is 43.4 Å². The summed E-state index contributed by atoms with van der Waals surface area (Å²) in [5.41, 5.74) is 0. The van der Waals surface area contributed by atoms with Crippen molar-refractivity contribution in [3.63, 3.8) is 0 Å². The number of ether oxygens (including phenoxy) is 4. The van der Waals surface area contributed by atoms with Crippen molar-refractivity contribution in [1.29, 1.82) is 5.41 Å². The zero-order valence-corrected chi connectivity index (χ0v) is 27.0. The fourth-order valence-electron chi connectivity index (χ4n) is 3.29. The summed E-state index contributed by atoms with van der Waals surface area (Å²) in [6, 6.07) is -1.03. The molecule has 0 aromatic carbocycles. The van der Waals surface area contributed by atoms with Gasteiger partial charge in [0, 0.05) is 18.9 Å². The van der Waals surface area contributed by atoms with Crippen molar-refractivity contribution in [3.8, 4) is 0 Å². The SMILES string of the molecule is CCCCCOC(=O)OCC(C)COP(=O)(NC(=N)N(C)C(CCC)C(=O)O)OCC(C)COC(=O)OCCCCC. The number of nitrogens with one attached hydrogen (secondary N) is 2. The fraction of sp³-hybridized carbons (Fsp3) is 0.852. The van der Waals surface area contributed by atoms with Crippen LogP contribution in [0.2, 0.25) is 0 Å². The Kier molecular flexibility index (Phi) is 21.6. The summed E-state index contributed by atoms with van der Waals surface area (Å²) in [7, 11) is -2.84. The number of hydrogen-bond acceptors (Lipinski definition) is 11. The van der Waals surface area contributed by atoms with Crippen molar-refractivity contribution in [1.82, 2.24) is 9.99 Å². The summed E-state index contributed by atoms with van der Waals surface area (Å²) in [5, 5.41) is 20.3. The highest BCUT2D eigenvalue weighted by atomic mass is 31.2. The van der Waals surface area contributed by atoms with Crippen LogP contribution < -0.4 is 5.09 Å². The number of carboxylic acid groups (broad SMARTS) is 1. The summed E-state index contributed by atoms with van der Waals surface area (Å²) >= 11 is 0. The van der Waals surface area contributed by atoms with Crippen molar-refractivity contribution in [2.75, 3.05) is 46.7 Å². The summed E-state index contributed by atoms with van der Waals surface area (Å²) in [4.78, 5) is 36.4. The summed E-state index contributed by atoms with van der Waals surface area (Å²) in [6.45, 7) is 9.26. The van der Waals surface area contributed by atoms with E-state index in [1.54, 1.807) is 13.8 Å². The number of hydrogen-bond donors (Lipinski definition) is 3. The Bertz CT molecular complexity index is 804. The van der Waals surface area contributed by atoms with E-state index in [1.165, 1.54) is 7.05 Å². The number of carboxylic acids is 1. The fourth-order valence-corrected chi connectivity index (χ4v) is 4.81. The molecule has 0 spiro atoms. The Balaban J connectivity index is 5.15. The lowest BCUT2D eigenvalue weighted by atomic mass is 10.1. The monoisotopic (exact) mass is 625 g/mol. The zero-order chi connectivity index (χ0) is 32.0.